The lowest BCUT2D eigenvalue weighted by molar-refractivity contribution is 0.0746. The number of hydrogen-bond acceptors (Lipinski definition) is 3. The van der Waals surface area contributed by atoms with Gasteiger partial charge in [0, 0.05) is 19.1 Å². The lowest BCUT2D eigenvalue weighted by atomic mass is 10.1. The fraction of sp³-hybridized carbons (Fsp3) is 0.667. The predicted molar refractivity (Wildman–Crippen MR) is 80.9 cm³/mol. The molecule has 0 aliphatic carbocycles. The summed E-state index contributed by atoms with van der Waals surface area (Å²) in [5.74, 6) is 0.224. The lowest BCUT2D eigenvalue weighted by Crippen LogP contribution is -2.41. The van der Waals surface area contributed by atoms with Gasteiger partial charge in [0.05, 0.1) is 4.88 Å². The van der Waals surface area contributed by atoms with Crippen molar-refractivity contribution in [3.63, 3.8) is 0 Å². The van der Waals surface area contributed by atoms with E-state index in [0.29, 0.717) is 6.04 Å². The maximum Gasteiger partial charge on any atom is 0.264 e. The van der Waals surface area contributed by atoms with Gasteiger partial charge in [-0.3, -0.25) is 4.79 Å². The Morgan fingerprint density at radius 2 is 2.37 bits per heavy atom. The third-order valence-corrected chi connectivity index (χ3v) is 4.65. The van der Waals surface area contributed by atoms with Crippen LogP contribution in [0.2, 0.25) is 0 Å². The van der Waals surface area contributed by atoms with Gasteiger partial charge in [-0.15, -0.1) is 11.3 Å². The van der Waals surface area contributed by atoms with E-state index in [1.807, 2.05) is 10.3 Å². The first-order valence-corrected chi connectivity index (χ1v) is 8.23. The van der Waals surface area contributed by atoms with Gasteiger partial charge in [-0.1, -0.05) is 13.8 Å². The number of nitrogens with one attached hydrogen (secondary N) is 1. The molecule has 1 fully saturated rings. The van der Waals surface area contributed by atoms with Gasteiger partial charge in [0.2, 0.25) is 0 Å². The lowest BCUT2D eigenvalue weighted by Gasteiger charge is -2.25. The Labute approximate surface area is 120 Å². The number of amides is 1. The second-order valence-electron chi connectivity index (χ2n) is 5.17. The van der Waals surface area contributed by atoms with Crippen molar-refractivity contribution in [2.24, 2.45) is 0 Å². The summed E-state index contributed by atoms with van der Waals surface area (Å²) in [5, 5.41) is 5.52. The van der Waals surface area contributed by atoms with Crippen LogP contribution in [0.4, 0.5) is 0 Å². The molecule has 106 valence electrons. The van der Waals surface area contributed by atoms with Crippen molar-refractivity contribution in [1.29, 1.82) is 0 Å². The van der Waals surface area contributed by atoms with E-state index in [4.69, 9.17) is 0 Å². The Balaban J connectivity index is 2.06. The summed E-state index contributed by atoms with van der Waals surface area (Å²) < 4.78 is 0. The van der Waals surface area contributed by atoms with Crippen LogP contribution in [0.5, 0.6) is 0 Å². The van der Waals surface area contributed by atoms with Crippen LogP contribution in [0.1, 0.15) is 48.3 Å². The number of aryl methyl sites for hydroxylation is 1. The minimum atomic E-state index is 0.224. The molecule has 1 aliphatic heterocycles. The number of carbonyl (C=O) groups is 1. The second-order valence-corrected chi connectivity index (χ2v) is 6.09. The topological polar surface area (TPSA) is 32.3 Å². The molecule has 4 heteroatoms. The van der Waals surface area contributed by atoms with Crippen molar-refractivity contribution >= 4 is 17.2 Å². The van der Waals surface area contributed by atoms with Crippen LogP contribution in [0.25, 0.3) is 0 Å². The molecule has 0 spiro atoms. The summed E-state index contributed by atoms with van der Waals surface area (Å²) in [6.07, 6.45) is 4.38. The van der Waals surface area contributed by atoms with Crippen LogP contribution in [-0.2, 0) is 6.42 Å². The first-order valence-electron chi connectivity index (χ1n) is 7.35. The fourth-order valence-electron chi connectivity index (χ4n) is 2.67. The average Bonchev–Trinajstić information content (AvgIpc) is 3.08. The second kappa shape index (κ2) is 7.06. The van der Waals surface area contributed by atoms with Gasteiger partial charge in [0.25, 0.3) is 5.91 Å². The van der Waals surface area contributed by atoms with E-state index in [0.717, 1.165) is 37.4 Å². The number of nitrogens with zero attached hydrogens (tertiary/aromatic N) is 1. The van der Waals surface area contributed by atoms with Crippen LogP contribution in [0.3, 0.4) is 0 Å². The molecule has 1 atom stereocenters. The number of rotatable bonds is 6. The molecule has 0 radical (unpaired) electrons. The van der Waals surface area contributed by atoms with Gasteiger partial charge in [-0.25, -0.2) is 0 Å². The third-order valence-electron chi connectivity index (χ3n) is 3.71. The van der Waals surface area contributed by atoms with Crippen LogP contribution in [0, 0.1) is 0 Å². The van der Waals surface area contributed by atoms with Crippen molar-refractivity contribution in [1.82, 2.24) is 10.2 Å². The summed E-state index contributed by atoms with van der Waals surface area (Å²) >= 11 is 1.58. The van der Waals surface area contributed by atoms with E-state index in [1.54, 1.807) is 11.3 Å². The zero-order chi connectivity index (χ0) is 13.7. The molecule has 1 aromatic heterocycles. The van der Waals surface area contributed by atoms with Gasteiger partial charge in [-0.05, 0) is 49.2 Å². The molecule has 0 saturated carbocycles. The third kappa shape index (κ3) is 3.57. The Morgan fingerprint density at radius 1 is 1.53 bits per heavy atom. The van der Waals surface area contributed by atoms with Gasteiger partial charge in [-0.2, -0.15) is 0 Å². The summed E-state index contributed by atoms with van der Waals surface area (Å²) in [4.78, 5) is 15.6. The van der Waals surface area contributed by atoms with Crippen molar-refractivity contribution in [2.75, 3.05) is 19.6 Å². The maximum absolute atomic E-state index is 12.7. The molecule has 1 N–H and O–H groups in total. The normalized spacial score (nSPS) is 18.7. The van der Waals surface area contributed by atoms with Crippen molar-refractivity contribution in [3.8, 4) is 0 Å². The molecule has 1 aliphatic rings. The Hall–Kier alpha value is -0.870. The Morgan fingerprint density at radius 3 is 3.00 bits per heavy atom. The fourth-order valence-corrected chi connectivity index (χ4v) is 3.63. The molecule has 0 bridgehead atoms. The minimum Gasteiger partial charge on any atom is -0.336 e. The molecule has 1 aromatic rings. The van der Waals surface area contributed by atoms with E-state index in [1.165, 1.54) is 18.4 Å². The molecule has 1 unspecified atom stereocenters. The molecular weight excluding hydrogens is 256 g/mol. The van der Waals surface area contributed by atoms with Crippen LogP contribution >= 0.6 is 11.3 Å². The van der Waals surface area contributed by atoms with Gasteiger partial charge < -0.3 is 10.2 Å². The minimum absolute atomic E-state index is 0.224. The van der Waals surface area contributed by atoms with E-state index >= 15 is 0 Å². The largest absolute Gasteiger partial charge is 0.336 e. The van der Waals surface area contributed by atoms with E-state index in [-0.39, 0.29) is 5.91 Å². The van der Waals surface area contributed by atoms with Crippen LogP contribution < -0.4 is 5.32 Å². The summed E-state index contributed by atoms with van der Waals surface area (Å²) in [7, 11) is 0. The summed E-state index contributed by atoms with van der Waals surface area (Å²) in [5.41, 5.74) is 1.19. The summed E-state index contributed by atoms with van der Waals surface area (Å²) in [6.45, 7) is 7.06. The molecule has 0 aromatic carbocycles. The number of thiophene rings is 1. The zero-order valence-corrected chi connectivity index (χ0v) is 12.8. The maximum atomic E-state index is 12.7. The molecule has 3 nitrogen and oxygen atoms in total. The monoisotopic (exact) mass is 280 g/mol. The quantitative estimate of drug-likeness (QED) is 0.869. The SMILES string of the molecule is CCCN(CC1CCCN1)C(=O)c1sccc1CC. The molecule has 2 rings (SSSR count). The van der Waals surface area contributed by atoms with Crippen molar-refractivity contribution in [3.05, 3.63) is 21.9 Å². The number of hydrogen-bond donors (Lipinski definition) is 1. The smallest absolute Gasteiger partial charge is 0.264 e. The first kappa shape index (κ1) is 14.5. The van der Waals surface area contributed by atoms with E-state index in [9.17, 15) is 4.79 Å². The Bertz CT molecular complexity index is 410. The molecule has 1 amide bonds. The number of carbonyl (C=O) groups excluding carboxylic acids is 1. The van der Waals surface area contributed by atoms with Crippen LogP contribution in [0.15, 0.2) is 11.4 Å². The molecule has 2 heterocycles. The highest BCUT2D eigenvalue weighted by Crippen LogP contribution is 2.20. The highest BCUT2D eigenvalue weighted by Gasteiger charge is 2.23. The highest BCUT2D eigenvalue weighted by atomic mass is 32.1. The van der Waals surface area contributed by atoms with Gasteiger partial charge in [0.1, 0.15) is 0 Å². The van der Waals surface area contributed by atoms with Crippen molar-refractivity contribution in [2.45, 2.75) is 45.6 Å². The molecule has 19 heavy (non-hydrogen) atoms. The zero-order valence-electron chi connectivity index (χ0n) is 11.9. The van der Waals surface area contributed by atoms with E-state index in [2.05, 4.69) is 25.2 Å². The van der Waals surface area contributed by atoms with Gasteiger partial charge >= 0.3 is 0 Å². The van der Waals surface area contributed by atoms with Gasteiger partial charge in [0.15, 0.2) is 0 Å². The predicted octanol–water partition coefficient (Wildman–Crippen LogP) is 2.91. The first-order chi connectivity index (χ1) is 9.26. The summed E-state index contributed by atoms with van der Waals surface area (Å²) in [6, 6.07) is 2.57. The standard InChI is InChI=1S/C15H24N2OS/c1-3-9-17(11-13-6-5-8-16-13)15(18)14-12(4-2)7-10-19-14/h7,10,13,16H,3-6,8-9,11H2,1-2H3. The molecular formula is C15H24N2OS. The molecule has 1 saturated heterocycles. The van der Waals surface area contributed by atoms with Crippen LogP contribution in [-0.4, -0.2) is 36.5 Å². The van der Waals surface area contributed by atoms with Crippen molar-refractivity contribution < 1.29 is 4.79 Å². The van der Waals surface area contributed by atoms with E-state index < -0.39 is 0 Å². The average molecular weight is 280 g/mol. The Kier molecular flexibility index (Phi) is 5.40. The highest BCUT2D eigenvalue weighted by molar-refractivity contribution is 7.12.